The van der Waals surface area contributed by atoms with E-state index in [2.05, 4.69) is 10.6 Å². The summed E-state index contributed by atoms with van der Waals surface area (Å²) in [6.45, 7) is 1.93. The quantitative estimate of drug-likeness (QED) is 0.787. The zero-order chi connectivity index (χ0) is 17.1. The highest BCUT2D eigenvalue weighted by Gasteiger charge is 2.54. The van der Waals surface area contributed by atoms with E-state index in [1.165, 1.54) is 24.8 Å². The summed E-state index contributed by atoms with van der Waals surface area (Å²) in [6, 6.07) is 7.57. The largest absolute Gasteiger partial charge is 0.390 e. The summed E-state index contributed by atoms with van der Waals surface area (Å²) < 4.78 is 13.3. The van der Waals surface area contributed by atoms with Crippen molar-refractivity contribution in [3.63, 3.8) is 0 Å². The highest BCUT2D eigenvalue weighted by Crippen LogP contribution is 2.55. The first-order valence-electron chi connectivity index (χ1n) is 10.0. The van der Waals surface area contributed by atoms with Crippen LogP contribution in [0.5, 0.6) is 0 Å². The van der Waals surface area contributed by atoms with Crippen molar-refractivity contribution in [2.24, 2.45) is 17.8 Å². The maximum atomic E-state index is 13.3. The third-order valence-corrected chi connectivity index (χ3v) is 7.52. The lowest BCUT2D eigenvalue weighted by Crippen LogP contribution is -2.62. The second kappa shape index (κ2) is 5.77. The van der Waals surface area contributed by atoms with Crippen LogP contribution < -0.4 is 10.6 Å². The molecule has 6 rings (SSSR count). The number of hydrogen-bond acceptors (Lipinski definition) is 3. The van der Waals surface area contributed by atoms with Crippen LogP contribution in [0.15, 0.2) is 24.3 Å². The zero-order valence-electron chi connectivity index (χ0n) is 14.8. The Kier molecular flexibility index (Phi) is 3.74. The average Bonchev–Trinajstić information content (AvgIpc) is 3.03. The maximum absolute atomic E-state index is 13.3. The summed E-state index contributed by atoms with van der Waals surface area (Å²) in [7, 11) is 0. The number of nitrogens with one attached hydrogen (secondary N) is 2. The fourth-order valence-electron chi connectivity index (χ4n) is 6.68. The van der Waals surface area contributed by atoms with E-state index in [4.69, 9.17) is 0 Å². The summed E-state index contributed by atoms with van der Waals surface area (Å²) >= 11 is 0. The minimum absolute atomic E-state index is 0.0702. The van der Waals surface area contributed by atoms with Gasteiger partial charge in [0.1, 0.15) is 5.82 Å². The van der Waals surface area contributed by atoms with Crippen molar-refractivity contribution in [1.29, 1.82) is 0 Å². The molecule has 5 aliphatic rings. The molecule has 3 nitrogen and oxygen atoms in total. The van der Waals surface area contributed by atoms with E-state index >= 15 is 0 Å². The van der Waals surface area contributed by atoms with Crippen LogP contribution >= 0.6 is 0 Å². The lowest BCUT2D eigenvalue weighted by molar-refractivity contribution is -0.139. The van der Waals surface area contributed by atoms with Gasteiger partial charge in [0.2, 0.25) is 0 Å². The van der Waals surface area contributed by atoms with E-state index in [0.29, 0.717) is 17.9 Å². The minimum atomic E-state index is -0.366. The van der Waals surface area contributed by atoms with Gasteiger partial charge in [0, 0.05) is 12.6 Å². The smallest absolute Gasteiger partial charge is 0.123 e. The molecule has 1 heterocycles. The lowest BCUT2D eigenvalue weighted by Gasteiger charge is -2.58. The standard InChI is InChI=1S/C21H29FN2O/c22-18-4-2-17(3-5-18)21(6-1-7-24-21)13-23-19-15-8-14-9-16(19)12-20(25,10-14)11-15/h2-5,14-16,19,23-25H,1,6-13H2. The van der Waals surface area contributed by atoms with E-state index in [9.17, 15) is 9.50 Å². The first-order valence-corrected chi connectivity index (χ1v) is 10.0. The summed E-state index contributed by atoms with van der Waals surface area (Å²) in [4.78, 5) is 0. The van der Waals surface area contributed by atoms with Crippen LogP contribution in [0.25, 0.3) is 0 Å². The number of hydrogen-bond donors (Lipinski definition) is 3. The van der Waals surface area contributed by atoms with Crippen LogP contribution in [0.3, 0.4) is 0 Å². The van der Waals surface area contributed by atoms with Gasteiger partial charge in [-0.2, -0.15) is 0 Å². The Morgan fingerprint density at radius 3 is 2.44 bits per heavy atom. The van der Waals surface area contributed by atoms with Crippen molar-refractivity contribution >= 4 is 0 Å². The second-order valence-electron chi connectivity index (χ2n) is 9.22. The first kappa shape index (κ1) is 16.2. The first-order chi connectivity index (χ1) is 12.1. The number of rotatable bonds is 4. The molecule has 1 aromatic carbocycles. The summed E-state index contributed by atoms with van der Waals surface area (Å²) in [5.41, 5.74) is 0.759. The molecule has 1 aromatic rings. The van der Waals surface area contributed by atoms with Crippen molar-refractivity contribution in [3.8, 4) is 0 Å². The Balaban J connectivity index is 1.33. The fraction of sp³-hybridized carbons (Fsp3) is 0.714. The molecule has 4 aliphatic carbocycles. The van der Waals surface area contributed by atoms with Gasteiger partial charge in [-0.25, -0.2) is 4.39 Å². The molecule has 25 heavy (non-hydrogen) atoms. The SMILES string of the molecule is OC12CC3CC(C1)C(NCC1(c4ccc(F)cc4)CCCN1)C(C3)C2. The highest BCUT2D eigenvalue weighted by atomic mass is 19.1. The van der Waals surface area contributed by atoms with Crippen molar-refractivity contribution < 1.29 is 9.50 Å². The third kappa shape index (κ3) is 2.73. The molecule has 136 valence electrons. The monoisotopic (exact) mass is 344 g/mol. The van der Waals surface area contributed by atoms with Gasteiger partial charge >= 0.3 is 0 Å². The molecule has 0 spiro atoms. The molecular formula is C21H29FN2O. The maximum Gasteiger partial charge on any atom is 0.123 e. The van der Waals surface area contributed by atoms with Crippen LogP contribution in [-0.2, 0) is 5.54 Å². The topological polar surface area (TPSA) is 44.3 Å². The predicted molar refractivity (Wildman–Crippen MR) is 95.6 cm³/mol. The fourth-order valence-corrected chi connectivity index (χ4v) is 6.68. The Morgan fingerprint density at radius 2 is 1.84 bits per heavy atom. The summed E-state index contributed by atoms with van der Waals surface area (Å²) in [5, 5.41) is 18.4. The molecule has 3 unspecified atom stereocenters. The Bertz CT molecular complexity index is 624. The van der Waals surface area contributed by atoms with Crippen LogP contribution in [0, 0.1) is 23.6 Å². The van der Waals surface area contributed by atoms with Gasteiger partial charge in [-0.3, -0.25) is 0 Å². The Morgan fingerprint density at radius 1 is 1.12 bits per heavy atom. The van der Waals surface area contributed by atoms with E-state index in [1.54, 1.807) is 12.1 Å². The molecule has 5 fully saturated rings. The van der Waals surface area contributed by atoms with Crippen molar-refractivity contribution in [2.45, 2.75) is 62.1 Å². The van der Waals surface area contributed by atoms with Gasteiger partial charge in [0.25, 0.3) is 0 Å². The molecule has 4 bridgehead atoms. The van der Waals surface area contributed by atoms with Crippen molar-refractivity contribution in [3.05, 3.63) is 35.6 Å². The number of benzene rings is 1. The second-order valence-corrected chi connectivity index (χ2v) is 9.22. The summed E-state index contributed by atoms with van der Waals surface area (Å²) in [6.07, 6.45) is 7.83. The van der Waals surface area contributed by atoms with E-state index in [0.717, 1.165) is 44.7 Å². The molecule has 4 saturated carbocycles. The molecule has 0 amide bonds. The van der Waals surface area contributed by atoms with E-state index in [1.807, 2.05) is 12.1 Å². The van der Waals surface area contributed by atoms with E-state index < -0.39 is 0 Å². The Labute approximate surface area is 149 Å². The molecule has 3 atom stereocenters. The summed E-state index contributed by atoms with van der Waals surface area (Å²) in [5.74, 6) is 1.83. The van der Waals surface area contributed by atoms with Crippen LogP contribution in [0.1, 0.15) is 50.5 Å². The predicted octanol–water partition coefficient (Wildman–Crippen LogP) is 2.93. The van der Waals surface area contributed by atoms with Crippen LogP contribution in [-0.4, -0.2) is 29.8 Å². The normalized spacial score (nSPS) is 45.2. The van der Waals surface area contributed by atoms with Crippen LogP contribution in [0.4, 0.5) is 4.39 Å². The van der Waals surface area contributed by atoms with E-state index in [-0.39, 0.29) is 17.0 Å². The van der Waals surface area contributed by atoms with Gasteiger partial charge in [0.15, 0.2) is 0 Å². The molecule has 1 aliphatic heterocycles. The average molecular weight is 344 g/mol. The van der Waals surface area contributed by atoms with Crippen LogP contribution in [0.2, 0.25) is 0 Å². The van der Waals surface area contributed by atoms with Crippen molar-refractivity contribution in [1.82, 2.24) is 10.6 Å². The number of halogens is 1. The Hall–Kier alpha value is -0.970. The van der Waals surface area contributed by atoms with Gasteiger partial charge < -0.3 is 15.7 Å². The number of aliphatic hydroxyl groups is 1. The highest BCUT2D eigenvalue weighted by molar-refractivity contribution is 5.27. The van der Waals surface area contributed by atoms with Crippen molar-refractivity contribution in [2.75, 3.05) is 13.1 Å². The van der Waals surface area contributed by atoms with Gasteiger partial charge in [-0.1, -0.05) is 12.1 Å². The minimum Gasteiger partial charge on any atom is -0.390 e. The molecule has 1 saturated heterocycles. The lowest BCUT2D eigenvalue weighted by atomic mass is 9.52. The molecule has 0 aromatic heterocycles. The van der Waals surface area contributed by atoms with Gasteiger partial charge in [0.05, 0.1) is 11.1 Å². The molecule has 3 N–H and O–H groups in total. The van der Waals surface area contributed by atoms with Gasteiger partial charge in [-0.05, 0) is 86.9 Å². The molecule has 0 radical (unpaired) electrons. The molecule has 4 heteroatoms. The van der Waals surface area contributed by atoms with Gasteiger partial charge in [-0.15, -0.1) is 0 Å². The zero-order valence-corrected chi connectivity index (χ0v) is 14.8. The third-order valence-electron chi connectivity index (χ3n) is 7.52. The molecular weight excluding hydrogens is 315 g/mol.